The van der Waals surface area contributed by atoms with Gasteiger partial charge in [0.2, 0.25) is 5.91 Å². The molecule has 0 aromatic carbocycles. The first-order chi connectivity index (χ1) is 9.12. The third-order valence-electron chi connectivity index (χ3n) is 4.06. The van der Waals surface area contributed by atoms with E-state index in [2.05, 4.69) is 10.6 Å². The summed E-state index contributed by atoms with van der Waals surface area (Å²) in [5.41, 5.74) is -0.749. The fourth-order valence-electron chi connectivity index (χ4n) is 2.82. The first kappa shape index (κ1) is 14.3. The molecule has 1 amide bonds. The third kappa shape index (κ3) is 3.67. The Balaban J connectivity index is 1.77. The van der Waals surface area contributed by atoms with Crippen LogP contribution in [0.15, 0.2) is 0 Å². The van der Waals surface area contributed by atoms with Crippen molar-refractivity contribution in [3.63, 3.8) is 0 Å². The van der Waals surface area contributed by atoms with E-state index in [1.165, 1.54) is 0 Å². The van der Waals surface area contributed by atoms with Gasteiger partial charge in [0.1, 0.15) is 0 Å². The summed E-state index contributed by atoms with van der Waals surface area (Å²) < 4.78 is 5.45. The number of amides is 1. The molecule has 0 bridgehead atoms. The monoisotopic (exact) mass is 270 g/mol. The van der Waals surface area contributed by atoms with Gasteiger partial charge in [-0.2, -0.15) is 0 Å². The molecule has 0 aromatic rings. The summed E-state index contributed by atoms with van der Waals surface area (Å²) in [5, 5.41) is 15.2. The first-order valence-electron chi connectivity index (χ1n) is 6.95. The normalized spacial score (nSPS) is 26.0. The van der Waals surface area contributed by atoms with Crippen molar-refractivity contribution in [1.29, 1.82) is 0 Å². The zero-order valence-electron chi connectivity index (χ0n) is 11.1. The van der Waals surface area contributed by atoms with Crippen molar-refractivity contribution >= 4 is 11.9 Å². The predicted octanol–water partition coefficient (Wildman–Crippen LogP) is 0.126. The Kier molecular flexibility index (Phi) is 4.76. The summed E-state index contributed by atoms with van der Waals surface area (Å²) in [6, 6.07) is 0. The van der Waals surface area contributed by atoms with Crippen molar-refractivity contribution in [1.82, 2.24) is 10.6 Å². The number of carboxylic acid groups (broad SMARTS) is 1. The van der Waals surface area contributed by atoms with E-state index in [-0.39, 0.29) is 18.6 Å². The van der Waals surface area contributed by atoms with Gasteiger partial charge < -0.3 is 20.5 Å². The van der Waals surface area contributed by atoms with Crippen LogP contribution in [0.25, 0.3) is 0 Å². The predicted molar refractivity (Wildman–Crippen MR) is 68.8 cm³/mol. The lowest BCUT2D eigenvalue weighted by Gasteiger charge is -2.26. The zero-order valence-corrected chi connectivity index (χ0v) is 11.1. The Morgan fingerprint density at radius 2 is 2.11 bits per heavy atom. The van der Waals surface area contributed by atoms with Gasteiger partial charge >= 0.3 is 5.97 Å². The largest absolute Gasteiger partial charge is 0.481 e. The number of nitrogens with one attached hydrogen (secondary N) is 2. The quantitative estimate of drug-likeness (QED) is 0.661. The highest BCUT2D eigenvalue weighted by molar-refractivity contribution is 5.79. The molecule has 1 aliphatic heterocycles. The summed E-state index contributed by atoms with van der Waals surface area (Å²) in [7, 11) is 0. The summed E-state index contributed by atoms with van der Waals surface area (Å²) in [4.78, 5) is 23.2. The van der Waals surface area contributed by atoms with E-state index in [1.807, 2.05) is 0 Å². The highest BCUT2D eigenvalue weighted by Crippen LogP contribution is 2.37. The SMILES string of the molecule is O=C(CC1CNCCO1)NCC1(C(=O)O)CCCC1. The molecule has 2 fully saturated rings. The van der Waals surface area contributed by atoms with E-state index in [9.17, 15) is 14.7 Å². The van der Waals surface area contributed by atoms with E-state index in [0.29, 0.717) is 32.4 Å². The van der Waals surface area contributed by atoms with Gasteiger partial charge in [-0.3, -0.25) is 9.59 Å². The lowest BCUT2D eigenvalue weighted by Crippen LogP contribution is -2.44. The third-order valence-corrected chi connectivity index (χ3v) is 4.06. The van der Waals surface area contributed by atoms with Gasteiger partial charge in [-0.05, 0) is 12.8 Å². The molecule has 6 nitrogen and oxygen atoms in total. The van der Waals surface area contributed by atoms with Crippen molar-refractivity contribution in [2.24, 2.45) is 5.41 Å². The van der Waals surface area contributed by atoms with Crippen LogP contribution in [0.2, 0.25) is 0 Å². The molecule has 1 saturated heterocycles. The van der Waals surface area contributed by atoms with Gasteiger partial charge in [-0.15, -0.1) is 0 Å². The highest BCUT2D eigenvalue weighted by atomic mass is 16.5. The molecule has 1 aliphatic carbocycles. The summed E-state index contributed by atoms with van der Waals surface area (Å²) in [5.74, 6) is -0.915. The molecule has 19 heavy (non-hydrogen) atoms. The maximum Gasteiger partial charge on any atom is 0.311 e. The van der Waals surface area contributed by atoms with Crippen molar-refractivity contribution < 1.29 is 19.4 Å². The van der Waals surface area contributed by atoms with Crippen LogP contribution in [0, 0.1) is 5.41 Å². The second-order valence-electron chi connectivity index (χ2n) is 5.47. The minimum Gasteiger partial charge on any atom is -0.481 e. The zero-order chi connectivity index (χ0) is 13.7. The van der Waals surface area contributed by atoms with Crippen LogP contribution in [-0.2, 0) is 14.3 Å². The van der Waals surface area contributed by atoms with Gasteiger partial charge in [0.15, 0.2) is 0 Å². The Morgan fingerprint density at radius 1 is 1.37 bits per heavy atom. The van der Waals surface area contributed by atoms with Crippen LogP contribution in [0.5, 0.6) is 0 Å². The molecular formula is C13H22N2O4. The average molecular weight is 270 g/mol. The molecule has 0 radical (unpaired) electrons. The van der Waals surface area contributed by atoms with Gasteiger partial charge in [-0.25, -0.2) is 0 Å². The molecule has 6 heteroatoms. The summed E-state index contributed by atoms with van der Waals surface area (Å²) in [6.45, 7) is 2.36. The molecule has 2 rings (SSSR count). The smallest absolute Gasteiger partial charge is 0.311 e. The summed E-state index contributed by atoms with van der Waals surface area (Å²) >= 11 is 0. The number of carbonyl (C=O) groups is 2. The molecular weight excluding hydrogens is 248 g/mol. The average Bonchev–Trinajstić information content (AvgIpc) is 2.88. The van der Waals surface area contributed by atoms with Gasteiger partial charge in [0.25, 0.3) is 0 Å². The van der Waals surface area contributed by atoms with Crippen LogP contribution in [0.3, 0.4) is 0 Å². The Hall–Kier alpha value is -1.14. The molecule has 108 valence electrons. The van der Waals surface area contributed by atoms with E-state index in [1.54, 1.807) is 0 Å². The minimum absolute atomic E-state index is 0.0990. The maximum absolute atomic E-state index is 11.8. The fraction of sp³-hybridized carbons (Fsp3) is 0.846. The van der Waals surface area contributed by atoms with E-state index in [4.69, 9.17) is 4.74 Å². The van der Waals surface area contributed by atoms with Crippen LogP contribution < -0.4 is 10.6 Å². The molecule has 0 aromatic heterocycles. The van der Waals surface area contributed by atoms with Crippen molar-refractivity contribution in [2.75, 3.05) is 26.2 Å². The van der Waals surface area contributed by atoms with Gasteiger partial charge in [-0.1, -0.05) is 12.8 Å². The molecule has 3 N–H and O–H groups in total. The highest BCUT2D eigenvalue weighted by Gasteiger charge is 2.41. The number of hydrogen-bond acceptors (Lipinski definition) is 4. The minimum atomic E-state index is -0.791. The Morgan fingerprint density at radius 3 is 2.68 bits per heavy atom. The Labute approximate surface area is 112 Å². The Bertz CT molecular complexity index is 334. The molecule has 1 heterocycles. The van der Waals surface area contributed by atoms with Crippen LogP contribution in [0.1, 0.15) is 32.1 Å². The first-order valence-corrected chi connectivity index (χ1v) is 6.95. The number of ether oxygens (including phenoxy) is 1. The number of morpholine rings is 1. The molecule has 1 saturated carbocycles. The van der Waals surface area contributed by atoms with E-state index < -0.39 is 11.4 Å². The molecule has 0 spiro atoms. The number of carbonyl (C=O) groups excluding carboxylic acids is 1. The van der Waals surface area contributed by atoms with Crippen molar-refractivity contribution in [3.05, 3.63) is 0 Å². The second-order valence-corrected chi connectivity index (χ2v) is 5.47. The number of carboxylic acids is 1. The van der Waals surface area contributed by atoms with Crippen LogP contribution >= 0.6 is 0 Å². The second kappa shape index (κ2) is 6.34. The lowest BCUT2D eigenvalue weighted by molar-refractivity contribution is -0.148. The number of aliphatic carboxylic acids is 1. The number of hydrogen-bond donors (Lipinski definition) is 3. The molecule has 1 unspecified atom stereocenters. The van der Waals surface area contributed by atoms with Crippen LogP contribution in [0.4, 0.5) is 0 Å². The summed E-state index contributed by atoms with van der Waals surface area (Å²) in [6.07, 6.45) is 3.37. The van der Waals surface area contributed by atoms with E-state index in [0.717, 1.165) is 19.4 Å². The molecule has 2 aliphatic rings. The fourth-order valence-corrected chi connectivity index (χ4v) is 2.82. The van der Waals surface area contributed by atoms with Crippen LogP contribution in [-0.4, -0.2) is 49.3 Å². The van der Waals surface area contributed by atoms with Gasteiger partial charge in [0.05, 0.1) is 24.5 Å². The maximum atomic E-state index is 11.8. The lowest BCUT2D eigenvalue weighted by atomic mass is 9.86. The molecule has 1 atom stereocenters. The van der Waals surface area contributed by atoms with Crippen molar-refractivity contribution in [3.8, 4) is 0 Å². The van der Waals surface area contributed by atoms with Crippen molar-refractivity contribution in [2.45, 2.75) is 38.2 Å². The van der Waals surface area contributed by atoms with Gasteiger partial charge in [0, 0.05) is 19.6 Å². The topological polar surface area (TPSA) is 87.7 Å². The number of rotatable bonds is 5. The van der Waals surface area contributed by atoms with E-state index >= 15 is 0 Å². The standard InChI is InChI=1S/C13H22N2O4/c16-11(7-10-8-14-5-6-19-10)15-9-13(12(17)18)3-1-2-4-13/h10,14H,1-9H2,(H,15,16)(H,17,18).